The van der Waals surface area contributed by atoms with Gasteiger partial charge in [-0.1, -0.05) is 22.0 Å². The van der Waals surface area contributed by atoms with Gasteiger partial charge in [0, 0.05) is 10.0 Å². The molecule has 0 aliphatic rings. The molecule has 0 saturated carbocycles. The summed E-state index contributed by atoms with van der Waals surface area (Å²) in [5.41, 5.74) is 0.832. The van der Waals surface area contributed by atoms with Gasteiger partial charge in [-0.3, -0.25) is 0 Å². The summed E-state index contributed by atoms with van der Waals surface area (Å²) >= 11 is 9.37. The molecule has 0 heterocycles. The second-order valence-electron chi connectivity index (χ2n) is 4.09. The zero-order chi connectivity index (χ0) is 14.0. The van der Waals surface area contributed by atoms with Crippen molar-refractivity contribution in [2.45, 2.75) is 11.8 Å². The lowest BCUT2D eigenvalue weighted by Crippen LogP contribution is -2.00. The first kappa shape index (κ1) is 14.4. The Morgan fingerprint density at radius 2 is 1.63 bits per heavy atom. The topological polar surface area (TPSA) is 0 Å². The first-order valence-electron chi connectivity index (χ1n) is 5.50. The number of hydrogen-bond acceptors (Lipinski definition) is 0. The minimum absolute atomic E-state index is 0.214. The van der Waals surface area contributed by atoms with Crippen LogP contribution in [0.25, 0.3) is 0 Å². The zero-order valence-corrected chi connectivity index (χ0v) is 12.0. The Hall–Kier alpha value is -1.00. The van der Waals surface area contributed by atoms with Crippen molar-refractivity contribution in [3.05, 3.63) is 69.4 Å². The third-order valence-electron chi connectivity index (χ3n) is 2.69. The van der Waals surface area contributed by atoms with Gasteiger partial charge in [0.05, 0.1) is 5.38 Å². The number of halogens is 5. The molecule has 1 atom stereocenters. The van der Waals surface area contributed by atoms with E-state index in [-0.39, 0.29) is 6.42 Å². The summed E-state index contributed by atoms with van der Waals surface area (Å²) in [5, 5.41) is -0.651. The lowest BCUT2D eigenvalue weighted by atomic mass is 10.0. The molecule has 19 heavy (non-hydrogen) atoms. The molecule has 0 nitrogen and oxygen atoms in total. The van der Waals surface area contributed by atoms with Crippen molar-refractivity contribution in [2.24, 2.45) is 0 Å². The maximum Gasteiger partial charge on any atom is 0.159 e. The molecule has 0 aliphatic carbocycles. The third-order valence-corrected chi connectivity index (χ3v) is 3.58. The second kappa shape index (κ2) is 5.97. The quantitative estimate of drug-likeness (QED) is 0.652. The van der Waals surface area contributed by atoms with E-state index in [2.05, 4.69) is 15.9 Å². The van der Waals surface area contributed by atoms with Crippen molar-refractivity contribution in [3.8, 4) is 0 Å². The highest BCUT2D eigenvalue weighted by molar-refractivity contribution is 9.10. The maximum atomic E-state index is 13.6. The average Bonchev–Trinajstić information content (AvgIpc) is 2.36. The molecule has 0 aliphatic heterocycles. The fourth-order valence-corrected chi connectivity index (χ4v) is 2.46. The van der Waals surface area contributed by atoms with E-state index in [1.54, 1.807) is 12.1 Å². The molecular weight excluding hydrogens is 341 g/mol. The molecule has 100 valence electrons. The Morgan fingerprint density at radius 3 is 2.32 bits per heavy atom. The molecular formula is C14H9BrClF3. The van der Waals surface area contributed by atoms with Crippen molar-refractivity contribution < 1.29 is 13.2 Å². The summed E-state index contributed by atoms with van der Waals surface area (Å²) in [4.78, 5) is 0. The summed E-state index contributed by atoms with van der Waals surface area (Å²) in [5.74, 6) is -2.27. The molecule has 2 aromatic rings. The standard InChI is InChI=1S/C14H9BrClF3/c15-9-2-4-12(17)10(7-9)11(16)5-8-1-3-13(18)14(19)6-8/h1-4,6-7,11H,5H2. The van der Waals surface area contributed by atoms with E-state index in [1.807, 2.05) is 0 Å². The highest BCUT2D eigenvalue weighted by Crippen LogP contribution is 2.29. The van der Waals surface area contributed by atoms with Gasteiger partial charge in [0.2, 0.25) is 0 Å². The highest BCUT2D eigenvalue weighted by Gasteiger charge is 2.15. The van der Waals surface area contributed by atoms with Gasteiger partial charge < -0.3 is 0 Å². The van der Waals surface area contributed by atoms with Crippen molar-refractivity contribution >= 4 is 27.5 Å². The van der Waals surface area contributed by atoms with Crippen molar-refractivity contribution in [3.63, 3.8) is 0 Å². The fourth-order valence-electron chi connectivity index (χ4n) is 1.74. The molecule has 0 saturated heterocycles. The molecule has 5 heteroatoms. The van der Waals surface area contributed by atoms with Crippen LogP contribution in [0, 0.1) is 17.5 Å². The molecule has 0 aromatic heterocycles. The highest BCUT2D eigenvalue weighted by atomic mass is 79.9. The van der Waals surface area contributed by atoms with Crippen LogP contribution in [-0.2, 0) is 6.42 Å². The third kappa shape index (κ3) is 3.51. The van der Waals surface area contributed by atoms with Crippen LogP contribution in [0.4, 0.5) is 13.2 Å². The van der Waals surface area contributed by atoms with Crippen LogP contribution < -0.4 is 0 Å². The van der Waals surface area contributed by atoms with Crippen LogP contribution in [0.1, 0.15) is 16.5 Å². The minimum Gasteiger partial charge on any atom is -0.207 e. The van der Waals surface area contributed by atoms with E-state index in [1.165, 1.54) is 12.1 Å². The molecule has 0 amide bonds. The van der Waals surface area contributed by atoms with E-state index in [0.29, 0.717) is 15.6 Å². The van der Waals surface area contributed by atoms with Gasteiger partial charge in [0.15, 0.2) is 11.6 Å². The SMILES string of the molecule is Fc1ccc(CC(Cl)c2cc(Br)ccc2F)cc1F. The zero-order valence-electron chi connectivity index (χ0n) is 9.64. The maximum absolute atomic E-state index is 13.6. The van der Waals surface area contributed by atoms with E-state index in [4.69, 9.17) is 11.6 Å². The van der Waals surface area contributed by atoms with Crippen LogP contribution in [0.2, 0.25) is 0 Å². The fraction of sp³-hybridized carbons (Fsp3) is 0.143. The summed E-state index contributed by atoms with van der Waals surface area (Å²) in [7, 11) is 0. The average molecular weight is 350 g/mol. The van der Waals surface area contributed by atoms with Crippen molar-refractivity contribution in [1.29, 1.82) is 0 Å². The second-order valence-corrected chi connectivity index (χ2v) is 5.53. The number of alkyl halides is 1. The van der Waals surface area contributed by atoms with Crippen LogP contribution in [-0.4, -0.2) is 0 Å². The van der Waals surface area contributed by atoms with Crippen molar-refractivity contribution in [1.82, 2.24) is 0 Å². The monoisotopic (exact) mass is 348 g/mol. The van der Waals surface area contributed by atoms with Gasteiger partial charge in [0.1, 0.15) is 5.82 Å². The van der Waals surface area contributed by atoms with E-state index >= 15 is 0 Å². The number of rotatable bonds is 3. The Balaban J connectivity index is 2.22. The van der Waals surface area contributed by atoms with Gasteiger partial charge in [-0.15, -0.1) is 11.6 Å². The molecule has 1 unspecified atom stereocenters. The van der Waals surface area contributed by atoms with Gasteiger partial charge in [0.25, 0.3) is 0 Å². The lowest BCUT2D eigenvalue weighted by molar-refractivity contribution is 0.507. The van der Waals surface area contributed by atoms with E-state index < -0.39 is 22.8 Å². The Kier molecular flexibility index (Phi) is 4.53. The summed E-state index contributed by atoms with van der Waals surface area (Å²) < 4.78 is 40.2. The first-order chi connectivity index (χ1) is 8.97. The summed E-state index contributed by atoms with van der Waals surface area (Å²) in [6.07, 6.45) is 0.214. The Labute approximate surface area is 122 Å². The summed E-state index contributed by atoms with van der Waals surface area (Å²) in [6.45, 7) is 0. The van der Waals surface area contributed by atoms with Crippen LogP contribution in [0.3, 0.4) is 0 Å². The molecule has 2 rings (SSSR count). The number of hydrogen-bond donors (Lipinski definition) is 0. The van der Waals surface area contributed by atoms with Gasteiger partial charge in [-0.25, -0.2) is 13.2 Å². The molecule has 0 spiro atoms. The lowest BCUT2D eigenvalue weighted by Gasteiger charge is -2.11. The van der Waals surface area contributed by atoms with Gasteiger partial charge in [-0.05, 0) is 42.3 Å². The summed E-state index contributed by atoms with van der Waals surface area (Å²) in [6, 6.07) is 7.99. The van der Waals surface area contributed by atoms with Crippen LogP contribution in [0.5, 0.6) is 0 Å². The van der Waals surface area contributed by atoms with E-state index in [0.717, 1.165) is 12.1 Å². The van der Waals surface area contributed by atoms with Gasteiger partial charge in [-0.2, -0.15) is 0 Å². The minimum atomic E-state index is -0.934. The molecule has 0 N–H and O–H groups in total. The molecule has 0 bridgehead atoms. The largest absolute Gasteiger partial charge is 0.207 e. The Morgan fingerprint density at radius 1 is 0.947 bits per heavy atom. The first-order valence-corrected chi connectivity index (χ1v) is 6.73. The van der Waals surface area contributed by atoms with E-state index in [9.17, 15) is 13.2 Å². The molecule has 0 radical (unpaired) electrons. The predicted molar refractivity (Wildman–Crippen MR) is 72.8 cm³/mol. The predicted octanol–water partition coefficient (Wildman–Crippen LogP) is 5.39. The smallest absolute Gasteiger partial charge is 0.159 e. The van der Waals surface area contributed by atoms with Crippen molar-refractivity contribution in [2.75, 3.05) is 0 Å². The van der Waals surface area contributed by atoms with Crippen LogP contribution in [0.15, 0.2) is 40.9 Å². The number of benzene rings is 2. The normalized spacial score (nSPS) is 12.5. The molecule has 2 aromatic carbocycles. The van der Waals surface area contributed by atoms with Gasteiger partial charge >= 0.3 is 0 Å². The van der Waals surface area contributed by atoms with Crippen LogP contribution >= 0.6 is 27.5 Å². The Bertz CT molecular complexity index is 601. The molecule has 0 fully saturated rings.